The molecule has 2 aromatic carbocycles. The van der Waals surface area contributed by atoms with Crippen molar-refractivity contribution in [1.82, 2.24) is 4.90 Å². The Morgan fingerprint density at radius 3 is 2.69 bits per heavy atom. The average molecular weight is 525 g/mol. The Hall–Kier alpha value is -2.69. The number of guanidine groups is 1. The highest BCUT2D eigenvalue weighted by Gasteiger charge is 2.50. The number of halogens is 3. The highest BCUT2D eigenvalue weighted by Crippen LogP contribution is 2.46. The van der Waals surface area contributed by atoms with Crippen LogP contribution in [0.3, 0.4) is 0 Å². The van der Waals surface area contributed by atoms with Crippen LogP contribution < -0.4 is 10.5 Å². The van der Waals surface area contributed by atoms with E-state index in [1.807, 2.05) is 24.3 Å². The van der Waals surface area contributed by atoms with E-state index in [1.165, 1.54) is 28.1 Å². The monoisotopic (exact) mass is 524 g/mol. The van der Waals surface area contributed by atoms with Gasteiger partial charge in [-0.25, -0.2) is 4.99 Å². The molecule has 2 unspecified atom stereocenters. The first-order chi connectivity index (χ1) is 16.8. The third-order valence-electron chi connectivity index (χ3n) is 6.06. The molecule has 2 heterocycles. The van der Waals surface area contributed by atoms with Crippen LogP contribution in [0.25, 0.3) is 0 Å². The van der Waals surface area contributed by atoms with Crippen molar-refractivity contribution in [3.8, 4) is 5.75 Å². The summed E-state index contributed by atoms with van der Waals surface area (Å²) in [5, 5.41) is 1.12. The minimum Gasteiger partial charge on any atom is -0.433 e. The predicted molar refractivity (Wildman–Crippen MR) is 135 cm³/mol. The molecule has 0 bridgehead atoms. The van der Waals surface area contributed by atoms with Crippen LogP contribution in [0.4, 0.5) is 8.78 Å². The first kappa shape index (κ1) is 25.4. The molecule has 2 aromatic rings. The van der Waals surface area contributed by atoms with Gasteiger partial charge in [0.15, 0.2) is 11.5 Å². The molecule has 0 aromatic heterocycles. The molecule has 0 spiro atoms. The first-order valence-electron chi connectivity index (χ1n) is 11.1. The topological polar surface area (TPSA) is 89.5 Å². The normalized spacial score (nSPS) is 23.1. The summed E-state index contributed by atoms with van der Waals surface area (Å²) in [6.07, 6.45) is 1.76. The number of rotatable bonds is 9. The average Bonchev–Trinajstić information content (AvgIpc) is 3.39. The summed E-state index contributed by atoms with van der Waals surface area (Å²) < 4.78 is 35.1. The number of aliphatic imine (C=N–C) groups is 2. The van der Waals surface area contributed by atoms with E-state index in [-0.39, 0.29) is 22.6 Å². The van der Waals surface area contributed by atoms with Crippen LogP contribution >= 0.6 is 22.5 Å². The summed E-state index contributed by atoms with van der Waals surface area (Å²) in [4.78, 5) is 25.3. The summed E-state index contributed by atoms with van der Waals surface area (Å²) in [7, 11) is 2.59. The number of nitrogens with two attached hydrogens (primary N) is 1. The third kappa shape index (κ3) is 4.87. The van der Waals surface area contributed by atoms with Crippen LogP contribution in [-0.4, -0.2) is 61.5 Å². The highest BCUT2D eigenvalue weighted by molar-refractivity contribution is 8.30. The Morgan fingerprint density at radius 1 is 1.26 bits per heavy atom. The minimum atomic E-state index is -3.02. The Kier molecular flexibility index (Phi) is 7.63. The number of nitrogens with zero attached hydrogens (tertiary/aromatic N) is 3. The van der Waals surface area contributed by atoms with E-state index in [2.05, 4.69) is 9.73 Å². The van der Waals surface area contributed by atoms with E-state index in [0.717, 1.165) is 30.0 Å². The summed E-state index contributed by atoms with van der Waals surface area (Å²) in [6, 6.07) is 12.0. The van der Waals surface area contributed by atoms with Gasteiger partial charge < -0.3 is 15.2 Å². The van der Waals surface area contributed by atoms with Gasteiger partial charge in [-0.1, -0.05) is 29.8 Å². The van der Waals surface area contributed by atoms with E-state index in [4.69, 9.17) is 27.1 Å². The van der Waals surface area contributed by atoms with Crippen molar-refractivity contribution in [3.05, 3.63) is 58.6 Å². The van der Waals surface area contributed by atoms with E-state index >= 15 is 0 Å². The van der Waals surface area contributed by atoms with Crippen LogP contribution in [-0.2, 0) is 15.1 Å². The van der Waals surface area contributed by atoms with Crippen molar-refractivity contribution in [1.29, 1.82) is 0 Å². The van der Waals surface area contributed by atoms with Crippen LogP contribution in [0.1, 0.15) is 24.0 Å². The number of hydrogen-bond acceptors (Lipinski definition) is 6. The molecule has 0 saturated carbocycles. The van der Waals surface area contributed by atoms with Crippen LogP contribution in [0.15, 0.2) is 57.3 Å². The number of methoxy groups -OCH3 is 1. The summed E-state index contributed by atoms with van der Waals surface area (Å²) in [6.45, 7) is -1.57. The van der Waals surface area contributed by atoms with Crippen molar-refractivity contribution in [3.63, 3.8) is 0 Å². The molecule has 1 amide bonds. The maximum Gasteiger partial charge on any atom is 0.387 e. The van der Waals surface area contributed by atoms with Crippen molar-refractivity contribution in [2.75, 3.05) is 33.1 Å². The number of hydrogen-bond donors (Lipinski definition) is 2. The molecule has 2 aliphatic rings. The molecular weight excluding hydrogens is 498 g/mol. The smallest absolute Gasteiger partial charge is 0.387 e. The molecule has 7 nitrogen and oxygen atoms in total. The number of alkyl halides is 2. The van der Waals surface area contributed by atoms with E-state index in [0.29, 0.717) is 17.7 Å². The zero-order chi connectivity index (χ0) is 25.2. The lowest BCUT2D eigenvalue weighted by atomic mass is 9.83. The largest absolute Gasteiger partial charge is 0.433 e. The lowest BCUT2D eigenvalue weighted by Crippen LogP contribution is -2.41. The van der Waals surface area contributed by atoms with Gasteiger partial charge in [0.1, 0.15) is 5.75 Å². The second-order valence-electron chi connectivity index (χ2n) is 8.16. The molecule has 0 saturated heterocycles. The maximum atomic E-state index is 13.6. The number of amides is 1. The number of ether oxygens (including phenoxy) is 2. The number of benzene rings is 2. The minimum absolute atomic E-state index is 0.0535. The van der Waals surface area contributed by atoms with Gasteiger partial charge in [0.2, 0.25) is 0 Å². The quantitative estimate of drug-likeness (QED) is 0.380. The molecule has 11 heteroatoms. The second kappa shape index (κ2) is 10.5. The fraction of sp³-hybridized carbons (Fsp3) is 0.375. The molecule has 0 fully saturated rings. The molecule has 2 aliphatic heterocycles. The Bertz CT molecular complexity index is 1180. The highest BCUT2D eigenvalue weighted by atomic mass is 35.5. The molecule has 2 atom stereocenters. The summed E-state index contributed by atoms with van der Waals surface area (Å²) in [5.74, 6) is 0.451. The Morgan fingerprint density at radius 2 is 2.03 bits per heavy atom. The van der Waals surface area contributed by atoms with Crippen molar-refractivity contribution in [2.24, 2.45) is 15.7 Å². The zero-order valence-corrected chi connectivity index (χ0v) is 21.0. The molecule has 0 aliphatic carbocycles. The van der Waals surface area contributed by atoms with Gasteiger partial charge in [-0.3, -0.25) is 14.7 Å². The molecular formula is C24H27ClF2N4O3S. The first-order valence-corrected chi connectivity index (χ1v) is 13.0. The van der Waals surface area contributed by atoms with Gasteiger partial charge in [0.25, 0.3) is 5.91 Å². The summed E-state index contributed by atoms with van der Waals surface area (Å²) >= 11 is 6.25. The fourth-order valence-corrected chi connectivity index (χ4v) is 6.96. The number of carbonyl (C=O) groups is 1. The van der Waals surface area contributed by atoms with Gasteiger partial charge in [-0.2, -0.15) is 19.7 Å². The van der Waals surface area contributed by atoms with E-state index in [9.17, 15) is 13.6 Å². The van der Waals surface area contributed by atoms with Gasteiger partial charge in [0.05, 0.1) is 10.1 Å². The Labute approximate surface area is 210 Å². The third-order valence-corrected chi connectivity index (χ3v) is 8.89. The Balaban J connectivity index is 1.77. The lowest BCUT2D eigenvalue weighted by Gasteiger charge is -2.28. The zero-order valence-electron chi connectivity index (χ0n) is 19.4. The van der Waals surface area contributed by atoms with Gasteiger partial charge in [-0.05, 0) is 53.1 Å². The van der Waals surface area contributed by atoms with Crippen LogP contribution in [0.2, 0.25) is 5.02 Å². The maximum absolute atomic E-state index is 13.6. The standard InChI is InChI=1S/C24H27ClF2N4O3S/c1-31-21(32)24(30-23(31)28,16-8-9-19(18(25)14-16)34-22(26)27)15-5-3-6-17(13-15)35-12-10-29-20(35)7-4-11-33-2/h3,5-6,8-9,13-14,22,35H,4,7,10-12H2,1-2H3,(H2,28,30). The predicted octanol–water partition coefficient (Wildman–Crippen LogP) is 4.17. The molecule has 2 N–H and O–H groups in total. The molecule has 188 valence electrons. The second-order valence-corrected chi connectivity index (χ2v) is 10.9. The molecule has 0 radical (unpaired) electrons. The number of likely N-dealkylation sites (N-methyl/N-ethyl adjacent to an activating group) is 1. The number of thiol groups is 1. The molecule has 4 rings (SSSR count). The lowest BCUT2D eigenvalue weighted by molar-refractivity contribution is -0.129. The molecule has 35 heavy (non-hydrogen) atoms. The van der Waals surface area contributed by atoms with Crippen LogP contribution in [0, 0.1) is 0 Å². The van der Waals surface area contributed by atoms with Crippen LogP contribution in [0.5, 0.6) is 5.75 Å². The van der Waals surface area contributed by atoms with Gasteiger partial charge >= 0.3 is 6.61 Å². The van der Waals surface area contributed by atoms with Gasteiger partial charge in [0, 0.05) is 33.1 Å². The van der Waals surface area contributed by atoms with Crippen molar-refractivity contribution in [2.45, 2.75) is 29.9 Å². The number of carbonyl (C=O) groups excluding carboxylic acids is 1. The van der Waals surface area contributed by atoms with E-state index in [1.54, 1.807) is 14.2 Å². The SMILES string of the molecule is COCCCC1=NCC[SH]1c1cccc(C2(c3ccc(OC(F)F)c(Cl)c3)N=C(N)N(C)C2=O)c1. The van der Waals surface area contributed by atoms with Crippen molar-refractivity contribution < 1.29 is 23.0 Å². The summed E-state index contributed by atoms with van der Waals surface area (Å²) in [5.41, 5.74) is 5.61. The van der Waals surface area contributed by atoms with Gasteiger partial charge in [-0.15, -0.1) is 0 Å². The van der Waals surface area contributed by atoms with Crippen molar-refractivity contribution >= 4 is 39.4 Å². The van der Waals surface area contributed by atoms with E-state index < -0.39 is 23.0 Å². The fourth-order valence-electron chi connectivity index (χ4n) is 4.36.